The van der Waals surface area contributed by atoms with Crippen molar-refractivity contribution in [3.8, 4) is 5.88 Å². The fourth-order valence-corrected chi connectivity index (χ4v) is 0.939. The minimum Gasteiger partial charge on any atom is -0.481 e. The molecule has 0 amide bonds. The first kappa shape index (κ1) is 10.4. The van der Waals surface area contributed by atoms with Crippen molar-refractivity contribution in [1.29, 1.82) is 0 Å². The number of carboxylic acids is 1. The lowest BCUT2D eigenvalue weighted by molar-refractivity contribution is 0.0682. The minimum absolute atomic E-state index is 0.144. The molecule has 0 aliphatic rings. The fraction of sp³-hybridized carbons (Fsp3) is 0.444. The Morgan fingerprint density at radius 2 is 2.14 bits per heavy atom. The number of carbonyl (C=O) groups is 1. The van der Waals surface area contributed by atoms with Crippen LogP contribution in [0.1, 0.15) is 36.1 Å². The van der Waals surface area contributed by atoms with E-state index in [4.69, 9.17) is 9.84 Å². The molecule has 1 aromatic heterocycles. The lowest BCUT2D eigenvalue weighted by atomic mass is 10.1. The van der Waals surface area contributed by atoms with Crippen molar-refractivity contribution < 1.29 is 14.6 Å². The lowest BCUT2D eigenvalue weighted by Gasteiger charge is -2.06. The number of nitrogens with zero attached hydrogens (tertiary/aromatic N) is 2. The molecular weight excluding hydrogens is 184 g/mol. The van der Waals surface area contributed by atoms with Gasteiger partial charge in [-0.3, -0.25) is 0 Å². The molecule has 0 saturated heterocycles. The first-order chi connectivity index (χ1) is 6.54. The lowest BCUT2D eigenvalue weighted by Crippen LogP contribution is -2.08. The van der Waals surface area contributed by atoms with Crippen LogP contribution in [0.25, 0.3) is 0 Å². The molecule has 76 valence electrons. The summed E-state index contributed by atoms with van der Waals surface area (Å²) < 4.78 is 4.88. The average Bonchev–Trinajstić information content (AvgIpc) is 2.16. The van der Waals surface area contributed by atoms with Crippen LogP contribution in [0, 0.1) is 0 Å². The highest BCUT2D eigenvalue weighted by Crippen LogP contribution is 2.16. The van der Waals surface area contributed by atoms with Crippen LogP contribution < -0.4 is 4.74 Å². The second-order valence-electron chi connectivity index (χ2n) is 3.12. The van der Waals surface area contributed by atoms with Crippen molar-refractivity contribution in [3.05, 3.63) is 17.6 Å². The molecule has 1 N–H and O–H groups in total. The van der Waals surface area contributed by atoms with Crippen LogP contribution in [-0.4, -0.2) is 28.2 Å². The molecule has 1 heterocycles. The molecule has 14 heavy (non-hydrogen) atoms. The second kappa shape index (κ2) is 4.04. The van der Waals surface area contributed by atoms with Gasteiger partial charge in [0.1, 0.15) is 0 Å². The van der Waals surface area contributed by atoms with Gasteiger partial charge >= 0.3 is 5.97 Å². The third-order valence-corrected chi connectivity index (χ3v) is 1.71. The minimum atomic E-state index is -1.15. The Balaban J connectivity index is 3.20. The maximum absolute atomic E-state index is 10.7. The van der Waals surface area contributed by atoms with E-state index in [1.807, 2.05) is 13.8 Å². The van der Waals surface area contributed by atoms with Crippen molar-refractivity contribution >= 4 is 5.97 Å². The Kier molecular flexibility index (Phi) is 3.01. The summed E-state index contributed by atoms with van der Waals surface area (Å²) in [7, 11) is 1.44. The van der Waals surface area contributed by atoms with Gasteiger partial charge in [-0.15, -0.1) is 0 Å². The molecule has 0 atom stereocenters. The average molecular weight is 196 g/mol. The normalized spacial score (nSPS) is 10.3. The van der Waals surface area contributed by atoms with Gasteiger partial charge in [-0.1, -0.05) is 13.8 Å². The third-order valence-electron chi connectivity index (χ3n) is 1.71. The van der Waals surface area contributed by atoms with Crippen LogP contribution in [0.15, 0.2) is 6.07 Å². The highest BCUT2D eigenvalue weighted by atomic mass is 16.5. The molecule has 0 aliphatic heterocycles. The van der Waals surface area contributed by atoms with E-state index in [-0.39, 0.29) is 17.6 Å². The molecule has 0 aliphatic carbocycles. The van der Waals surface area contributed by atoms with Crippen LogP contribution in [0.2, 0.25) is 0 Å². The summed E-state index contributed by atoms with van der Waals surface area (Å²) in [6.45, 7) is 3.85. The largest absolute Gasteiger partial charge is 0.481 e. The zero-order valence-electron chi connectivity index (χ0n) is 8.31. The Bertz CT molecular complexity index is 350. The fourth-order valence-electron chi connectivity index (χ4n) is 0.939. The van der Waals surface area contributed by atoms with E-state index >= 15 is 0 Å². The summed E-state index contributed by atoms with van der Waals surface area (Å²) in [6, 6.07) is 1.64. The predicted octanol–water partition coefficient (Wildman–Crippen LogP) is 1.31. The number of rotatable bonds is 3. The Morgan fingerprint density at radius 3 is 2.57 bits per heavy atom. The van der Waals surface area contributed by atoms with Crippen LogP contribution in [0.4, 0.5) is 0 Å². The molecular formula is C9H12N2O3. The monoisotopic (exact) mass is 196 g/mol. The van der Waals surface area contributed by atoms with E-state index in [1.165, 1.54) is 7.11 Å². The number of hydrogen-bond donors (Lipinski definition) is 1. The molecule has 0 saturated carbocycles. The van der Waals surface area contributed by atoms with Gasteiger partial charge in [0.25, 0.3) is 0 Å². The second-order valence-corrected chi connectivity index (χ2v) is 3.12. The van der Waals surface area contributed by atoms with Gasteiger partial charge in [0.05, 0.1) is 12.8 Å². The Labute approximate surface area is 81.8 Å². The molecule has 5 nitrogen and oxygen atoms in total. The van der Waals surface area contributed by atoms with Crippen molar-refractivity contribution in [1.82, 2.24) is 9.97 Å². The van der Waals surface area contributed by atoms with E-state index in [1.54, 1.807) is 6.07 Å². The van der Waals surface area contributed by atoms with Gasteiger partial charge in [-0.2, -0.15) is 4.98 Å². The summed E-state index contributed by atoms with van der Waals surface area (Å²) in [5, 5.41) is 8.73. The number of hydrogen-bond acceptors (Lipinski definition) is 4. The smallest absolute Gasteiger partial charge is 0.374 e. The molecule has 0 aromatic carbocycles. The number of carboxylic acid groups (broad SMARTS) is 1. The first-order valence-corrected chi connectivity index (χ1v) is 4.21. The quantitative estimate of drug-likeness (QED) is 0.788. The van der Waals surface area contributed by atoms with Gasteiger partial charge in [-0.05, 0) is 5.92 Å². The standard InChI is InChI=1S/C9H12N2O3/c1-5(2)6-4-7(14-3)11-8(10-6)9(12)13/h4-5H,1-3H3,(H,12,13). The first-order valence-electron chi connectivity index (χ1n) is 4.21. The van der Waals surface area contributed by atoms with E-state index in [2.05, 4.69) is 9.97 Å². The summed E-state index contributed by atoms with van der Waals surface area (Å²) in [4.78, 5) is 18.3. The molecule has 0 spiro atoms. The summed E-state index contributed by atoms with van der Waals surface area (Å²) in [6.07, 6.45) is 0. The highest BCUT2D eigenvalue weighted by Gasteiger charge is 2.12. The van der Waals surface area contributed by atoms with Gasteiger partial charge in [0, 0.05) is 6.07 Å². The Morgan fingerprint density at radius 1 is 1.50 bits per heavy atom. The van der Waals surface area contributed by atoms with Gasteiger partial charge in [0.15, 0.2) is 0 Å². The predicted molar refractivity (Wildman–Crippen MR) is 49.6 cm³/mol. The van der Waals surface area contributed by atoms with Gasteiger partial charge in [0.2, 0.25) is 11.7 Å². The molecule has 1 rings (SSSR count). The SMILES string of the molecule is COc1cc(C(C)C)nc(C(=O)O)n1. The van der Waals surface area contributed by atoms with E-state index < -0.39 is 5.97 Å². The zero-order valence-corrected chi connectivity index (χ0v) is 8.31. The van der Waals surface area contributed by atoms with Crippen LogP contribution in [0.3, 0.4) is 0 Å². The van der Waals surface area contributed by atoms with Crippen molar-refractivity contribution in [3.63, 3.8) is 0 Å². The molecule has 5 heteroatoms. The summed E-state index contributed by atoms with van der Waals surface area (Å²) in [5.41, 5.74) is 0.661. The molecule has 0 radical (unpaired) electrons. The number of aromatic carboxylic acids is 1. The van der Waals surface area contributed by atoms with Gasteiger partial charge in [-0.25, -0.2) is 9.78 Å². The van der Waals surface area contributed by atoms with Gasteiger partial charge < -0.3 is 9.84 Å². The van der Waals surface area contributed by atoms with E-state index in [0.717, 1.165) is 0 Å². The van der Waals surface area contributed by atoms with Crippen molar-refractivity contribution in [2.24, 2.45) is 0 Å². The van der Waals surface area contributed by atoms with Crippen LogP contribution in [-0.2, 0) is 0 Å². The summed E-state index contributed by atoms with van der Waals surface area (Å²) in [5.74, 6) is -0.954. The third kappa shape index (κ3) is 2.18. The van der Waals surface area contributed by atoms with Crippen molar-refractivity contribution in [2.45, 2.75) is 19.8 Å². The topological polar surface area (TPSA) is 72.3 Å². The van der Waals surface area contributed by atoms with Crippen molar-refractivity contribution in [2.75, 3.05) is 7.11 Å². The number of ether oxygens (including phenoxy) is 1. The maximum Gasteiger partial charge on any atom is 0.374 e. The molecule has 1 aromatic rings. The van der Waals surface area contributed by atoms with Crippen LogP contribution >= 0.6 is 0 Å². The van der Waals surface area contributed by atoms with E-state index in [9.17, 15) is 4.79 Å². The van der Waals surface area contributed by atoms with Crippen LogP contribution in [0.5, 0.6) is 5.88 Å². The number of methoxy groups -OCH3 is 1. The number of aromatic nitrogens is 2. The Hall–Kier alpha value is -1.65. The molecule has 0 bridgehead atoms. The molecule has 0 unspecified atom stereocenters. The molecule has 0 fully saturated rings. The summed E-state index contributed by atoms with van der Waals surface area (Å²) >= 11 is 0. The zero-order chi connectivity index (χ0) is 10.7. The van der Waals surface area contributed by atoms with E-state index in [0.29, 0.717) is 5.69 Å². The maximum atomic E-state index is 10.7. The highest BCUT2D eigenvalue weighted by molar-refractivity contribution is 5.83.